The van der Waals surface area contributed by atoms with Crippen LogP contribution in [0.4, 0.5) is 0 Å². The highest BCUT2D eigenvalue weighted by molar-refractivity contribution is 7.08. The fraction of sp³-hybridized carbons (Fsp3) is 0.571. The molecule has 1 aromatic heterocycles. The Balaban J connectivity index is 0.00000220. The van der Waals surface area contributed by atoms with Gasteiger partial charge in [0.15, 0.2) is 0 Å². The molecule has 1 saturated heterocycles. The second-order valence-corrected chi connectivity index (χ2v) is 5.81. The molecule has 2 amide bonds. The Hall–Kier alpha value is -1.11. The van der Waals surface area contributed by atoms with Gasteiger partial charge in [0, 0.05) is 30.5 Å². The third-order valence-corrected chi connectivity index (χ3v) is 4.09. The second kappa shape index (κ2) is 9.76. The summed E-state index contributed by atoms with van der Waals surface area (Å²) in [6.45, 7) is 3.17. The zero-order valence-electron chi connectivity index (χ0n) is 11.9. The standard InChI is InChI=1S/C14H21N3O2S.ClH/c18-13(17-9-11-2-1-5-15-8-11)3-6-16-14(19)12-4-7-20-10-12;/h4,7,10-11,15H,1-3,5-6,8-9H2,(H,16,19)(H,17,18);1H. The number of nitrogens with one attached hydrogen (secondary N) is 3. The fourth-order valence-electron chi connectivity index (χ4n) is 2.23. The minimum atomic E-state index is -0.115. The average Bonchev–Trinajstić information content (AvgIpc) is 3.00. The van der Waals surface area contributed by atoms with E-state index in [2.05, 4.69) is 16.0 Å². The summed E-state index contributed by atoms with van der Waals surface area (Å²) in [5.41, 5.74) is 0.656. The lowest BCUT2D eigenvalue weighted by molar-refractivity contribution is -0.121. The van der Waals surface area contributed by atoms with Crippen LogP contribution in [-0.4, -0.2) is 38.0 Å². The molecule has 0 aromatic carbocycles. The molecule has 5 nitrogen and oxygen atoms in total. The van der Waals surface area contributed by atoms with Crippen LogP contribution in [0.25, 0.3) is 0 Å². The lowest BCUT2D eigenvalue weighted by Gasteiger charge is -2.22. The lowest BCUT2D eigenvalue weighted by atomic mass is 10.00. The van der Waals surface area contributed by atoms with E-state index in [0.717, 1.165) is 19.6 Å². The first-order chi connectivity index (χ1) is 9.75. The van der Waals surface area contributed by atoms with Crippen LogP contribution in [0.15, 0.2) is 16.8 Å². The molecule has 0 radical (unpaired) electrons. The molecule has 0 aliphatic carbocycles. The van der Waals surface area contributed by atoms with Gasteiger partial charge in [0.05, 0.1) is 0 Å². The number of halogens is 1. The zero-order chi connectivity index (χ0) is 14.2. The molecule has 1 aromatic rings. The zero-order valence-corrected chi connectivity index (χ0v) is 13.5. The van der Waals surface area contributed by atoms with Crippen molar-refractivity contribution in [2.45, 2.75) is 19.3 Å². The van der Waals surface area contributed by atoms with E-state index in [9.17, 15) is 9.59 Å². The van der Waals surface area contributed by atoms with E-state index < -0.39 is 0 Å². The molecule has 1 aliphatic heterocycles. The van der Waals surface area contributed by atoms with E-state index in [0.29, 0.717) is 24.4 Å². The topological polar surface area (TPSA) is 70.2 Å². The first-order valence-electron chi connectivity index (χ1n) is 7.03. The summed E-state index contributed by atoms with van der Waals surface area (Å²) in [6.07, 6.45) is 2.68. The van der Waals surface area contributed by atoms with Crippen molar-refractivity contribution in [3.63, 3.8) is 0 Å². The van der Waals surface area contributed by atoms with E-state index in [4.69, 9.17) is 0 Å². The highest BCUT2D eigenvalue weighted by atomic mass is 35.5. The quantitative estimate of drug-likeness (QED) is 0.738. The van der Waals surface area contributed by atoms with Gasteiger partial charge in [0.2, 0.25) is 5.91 Å². The third-order valence-electron chi connectivity index (χ3n) is 3.41. The number of hydrogen-bond acceptors (Lipinski definition) is 4. The Kier molecular flexibility index (Phi) is 8.34. The summed E-state index contributed by atoms with van der Waals surface area (Å²) in [5, 5.41) is 12.7. The molecule has 0 bridgehead atoms. The van der Waals surface area contributed by atoms with E-state index >= 15 is 0 Å². The van der Waals surface area contributed by atoms with E-state index in [-0.39, 0.29) is 24.2 Å². The number of hydrogen-bond donors (Lipinski definition) is 3. The van der Waals surface area contributed by atoms with E-state index in [1.165, 1.54) is 24.2 Å². The van der Waals surface area contributed by atoms with Crippen LogP contribution in [-0.2, 0) is 4.79 Å². The van der Waals surface area contributed by atoms with Crippen LogP contribution >= 0.6 is 23.7 Å². The lowest BCUT2D eigenvalue weighted by Crippen LogP contribution is -2.39. The second-order valence-electron chi connectivity index (χ2n) is 5.03. The Morgan fingerprint density at radius 1 is 1.38 bits per heavy atom. The monoisotopic (exact) mass is 331 g/mol. The molecule has 118 valence electrons. The Morgan fingerprint density at radius 2 is 2.24 bits per heavy atom. The maximum atomic E-state index is 11.7. The molecule has 21 heavy (non-hydrogen) atoms. The van der Waals surface area contributed by atoms with Crippen LogP contribution < -0.4 is 16.0 Å². The van der Waals surface area contributed by atoms with Crippen molar-refractivity contribution in [2.24, 2.45) is 5.92 Å². The largest absolute Gasteiger partial charge is 0.356 e. The Labute approximate surface area is 135 Å². The molecule has 1 unspecified atom stereocenters. The molecule has 0 saturated carbocycles. The maximum Gasteiger partial charge on any atom is 0.252 e. The molecule has 3 N–H and O–H groups in total. The molecule has 2 heterocycles. The minimum Gasteiger partial charge on any atom is -0.356 e. The van der Waals surface area contributed by atoms with Gasteiger partial charge in [-0.25, -0.2) is 0 Å². The van der Waals surface area contributed by atoms with Gasteiger partial charge in [0.1, 0.15) is 0 Å². The summed E-state index contributed by atoms with van der Waals surface area (Å²) in [5.74, 6) is 0.421. The summed E-state index contributed by atoms with van der Waals surface area (Å²) in [7, 11) is 0. The number of piperidine rings is 1. The van der Waals surface area contributed by atoms with Crippen molar-refractivity contribution in [3.05, 3.63) is 22.4 Å². The highest BCUT2D eigenvalue weighted by Gasteiger charge is 2.13. The van der Waals surface area contributed by atoms with Crippen molar-refractivity contribution in [1.29, 1.82) is 0 Å². The van der Waals surface area contributed by atoms with Gasteiger partial charge in [-0.2, -0.15) is 11.3 Å². The number of carbonyl (C=O) groups is 2. The van der Waals surface area contributed by atoms with Crippen LogP contribution in [0.5, 0.6) is 0 Å². The van der Waals surface area contributed by atoms with E-state index in [1.807, 2.05) is 5.38 Å². The highest BCUT2D eigenvalue weighted by Crippen LogP contribution is 2.08. The molecule has 1 aliphatic rings. The van der Waals surface area contributed by atoms with Gasteiger partial charge in [-0.15, -0.1) is 12.4 Å². The summed E-state index contributed by atoms with van der Waals surface area (Å²) in [4.78, 5) is 23.3. The first kappa shape index (κ1) is 17.9. The third kappa shape index (κ3) is 6.46. The van der Waals surface area contributed by atoms with Crippen LogP contribution in [0.1, 0.15) is 29.6 Å². The predicted molar refractivity (Wildman–Crippen MR) is 87.1 cm³/mol. The van der Waals surface area contributed by atoms with E-state index in [1.54, 1.807) is 11.4 Å². The molecule has 1 atom stereocenters. The summed E-state index contributed by atoms with van der Waals surface area (Å²) in [6, 6.07) is 1.77. The van der Waals surface area contributed by atoms with Crippen molar-refractivity contribution >= 4 is 35.6 Å². The van der Waals surface area contributed by atoms with Gasteiger partial charge in [-0.3, -0.25) is 9.59 Å². The van der Waals surface area contributed by atoms with Crippen LogP contribution in [0.3, 0.4) is 0 Å². The molecule has 1 fully saturated rings. The van der Waals surface area contributed by atoms with Crippen LogP contribution in [0, 0.1) is 5.92 Å². The van der Waals surface area contributed by atoms with Gasteiger partial charge in [-0.1, -0.05) is 0 Å². The van der Waals surface area contributed by atoms with Gasteiger partial charge >= 0.3 is 0 Å². The number of thiophene rings is 1. The average molecular weight is 332 g/mol. The van der Waals surface area contributed by atoms with Crippen LogP contribution in [0.2, 0.25) is 0 Å². The Morgan fingerprint density at radius 3 is 2.90 bits per heavy atom. The van der Waals surface area contributed by atoms with Crippen molar-refractivity contribution in [1.82, 2.24) is 16.0 Å². The van der Waals surface area contributed by atoms with Crippen molar-refractivity contribution < 1.29 is 9.59 Å². The van der Waals surface area contributed by atoms with Crippen molar-refractivity contribution in [2.75, 3.05) is 26.2 Å². The number of carbonyl (C=O) groups excluding carboxylic acids is 2. The molecule has 7 heteroatoms. The first-order valence-corrected chi connectivity index (χ1v) is 7.98. The van der Waals surface area contributed by atoms with Gasteiger partial charge in [0.25, 0.3) is 5.91 Å². The summed E-state index contributed by atoms with van der Waals surface area (Å²) < 4.78 is 0. The predicted octanol–water partition coefficient (Wildman–Crippen LogP) is 1.41. The fourth-order valence-corrected chi connectivity index (χ4v) is 2.87. The normalized spacial score (nSPS) is 17.6. The number of rotatable bonds is 6. The maximum absolute atomic E-state index is 11.7. The molecule has 2 rings (SSSR count). The number of amides is 2. The minimum absolute atomic E-state index is 0. The SMILES string of the molecule is Cl.O=C(CCNC(=O)c1ccsc1)NCC1CCCNC1. The summed E-state index contributed by atoms with van der Waals surface area (Å²) >= 11 is 1.49. The van der Waals surface area contributed by atoms with Gasteiger partial charge < -0.3 is 16.0 Å². The molecule has 0 spiro atoms. The van der Waals surface area contributed by atoms with Crippen molar-refractivity contribution in [3.8, 4) is 0 Å². The van der Waals surface area contributed by atoms with Gasteiger partial charge in [-0.05, 0) is 43.3 Å². The molecular weight excluding hydrogens is 310 g/mol. The Bertz CT molecular complexity index is 433. The smallest absolute Gasteiger partial charge is 0.252 e. The molecular formula is C14H22ClN3O2S.